The van der Waals surface area contributed by atoms with Gasteiger partial charge in [-0.1, -0.05) is 0 Å². The molecule has 3 aromatic rings. The molecular formula is C19H22BrN5O2. The normalized spacial score (nSPS) is 16.5. The van der Waals surface area contributed by atoms with E-state index < -0.39 is 6.10 Å². The Morgan fingerprint density at radius 3 is 2.78 bits per heavy atom. The number of pyridine rings is 1. The molecule has 4 rings (SSSR count). The Kier molecular flexibility index (Phi) is 5.68. The Morgan fingerprint density at radius 1 is 1.22 bits per heavy atom. The lowest BCUT2D eigenvalue weighted by Crippen LogP contribution is -2.47. The Labute approximate surface area is 165 Å². The molecule has 7 nitrogen and oxygen atoms in total. The summed E-state index contributed by atoms with van der Waals surface area (Å²) >= 11 is 3.41. The molecular weight excluding hydrogens is 410 g/mol. The molecule has 1 fully saturated rings. The van der Waals surface area contributed by atoms with Crippen LogP contribution in [0, 0.1) is 0 Å². The SMILES string of the molecule is OC(COc1ccc(-c2nc3cc(Br)cnc3[nH]2)cc1)CN1CCNCC1. The average Bonchev–Trinajstić information content (AvgIpc) is 3.11. The number of hydrogen-bond acceptors (Lipinski definition) is 6. The van der Waals surface area contributed by atoms with Crippen LogP contribution in [0.2, 0.25) is 0 Å². The highest BCUT2D eigenvalue weighted by Crippen LogP contribution is 2.23. The molecule has 142 valence electrons. The first kappa shape index (κ1) is 18.4. The van der Waals surface area contributed by atoms with E-state index in [-0.39, 0.29) is 6.61 Å². The summed E-state index contributed by atoms with van der Waals surface area (Å²) in [7, 11) is 0. The van der Waals surface area contributed by atoms with E-state index >= 15 is 0 Å². The molecule has 0 saturated carbocycles. The minimum atomic E-state index is -0.498. The number of hydrogen-bond donors (Lipinski definition) is 3. The summed E-state index contributed by atoms with van der Waals surface area (Å²) in [6.07, 6.45) is 1.25. The van der Waals surface area contributed by atoms with Crippen molar-refractivity contribution in [2.24, 2.45) is 0 Å². The Hall–Kier alpha value is -2.00. The van der Waals surface area contributed by atoms with Crippen molar-refractivity contribution in [3.63, 3.8) is 0 Å². The molecule has 1 saturated heterocycles. The molecule has 1 aromatic carbocycles. The number of ether oxygens (including phenoxy) is 1. The second kappa shape index (κ2) is 8.35. The van der Waals surface area contributed by atoms with Crippen LogP contribution >= 0.6 is 15.9 Å². The average molecular weight is 432 g/mol. The van der Waals surface area contributed by atoms with Crippen LogP contribution in [0.15, 0.2) is 41.0 Å². The number of aliphatic hydroxyl groups is 1. The van der Waals surface area contributed by atoms with Gasteiger partial charge in [0.2, 0.25) is 0 Å². The number of fused-ring (bicyclic) bond motifs is 1. The van der Waals surface area contributed by atoms with Crippen molar-refractivity contribution in [3.8, 4) is 17.1 Å². The second-order valence-electron chi connectivity index (χ2n) is 6.65. The van der Waals surface area contributed by atoms with E-state index in [1.165, 1.54) is 0 Å². The molecule has 1 unspecified atom stereocenters. The number of benzene rings is 1. The summed E-state index contributed by atoms with van der Waals surface area (Å²) in [5.74, 6) is 1.50. The predicted octanol–water partition coefficient (Wildman–Crippen LogP) is 2.03. The van der Waals surface area contributed by atoms with Crippen molar-refractivity contribution in [1.82, 2.24) is 25.2 Å². The summed E-state index contributed by atoms with van der Waals surface area (Å²) in [5.41, 5.74) is 2.53. The van der Waals surface area contributed by atoms with Gasteiger partial charge >= 0.3 is 0 Å². The van der Waals surface area contributed by atoms with E-state index in [1.807, 2.05) is 30.3 Å². The lowest BCUT2D eigenvalue weighted by atomic mass is 10.2. The molecule has 3 N–H and O–H groups in total. The Morgan fingerprint density at radius 2 is 2.00 bits per heavy atom. The zero-order valence-electron chi connectivity index (χ0n) is 14.9. The molecule has 3 heterocycles. The number of aromatic nitrogens is 3. The number of piperazine rings is 1. The predicted molar refractivity (Wildman–Crippen MR) is 108 cm³/mol. The molecule has 27 heavy (non-hydrogen) atoms. The van der Waals surface area contributed by atoms with Crippen molar-refractivity contribution >= 4 is 27.1 Å². The van der Waals surface area contributed by atoms with Gasteiger partial charge in [-0.2, -0.15) is 0 Å². The Balaban J connectivity index is 1.35. The number of aromatic amines is 1. The van der Waals surface area contributed by atoms with Crippen LogP contribution in [0.25, 0.3) is 22.6 Å². The monoisotopic (exact) mass is 431 g/mol. The maximum absolute atomic E-state index is 10.2. The Bertz CT molecular complexity index is 893. The molecule has 0 aliphatic carbocycles. The van der Waals surface area contributed by atoms with Gasteiger partial charge in [0.25, 0.3) is 0 Å². The number of aliphatic hydroxyl groups excluding tert-OH is 1. The van der Waals surface area contributed by atoms with Gasteiger partial charge < -0.3 is 20.1 Å². The van der Waals surface area contributed by atoms with E-state index in [9.17, 15) is 5.11 Å². The summed E-state index contributed by atoms with van der Waals surface area (Å²) in [4.78, 5) is 14.4. The number of imidazole rings is 1. The maximum Gasteiger partial charge on any atom is 0.157 e. The third kappa shape index (κ3) is 4.65. The van der Waals surface area contributed by atoms with Crippen LogP contribution < -0.4 is 10.1 Å². The van der Waals surface area contributed by atoms with Crippen LogP contribution in [0.5, 0.6) is 5.75 Å². The number of β-amino-alcohol motifs (C(OH)–C–C–N with tert-alkyl or cyclic N) is 1. The molecule has 2 aromatic heterocycles. The number of H-pyrrole nitrogens is 1. The fourth-order valence-corrected chi connectivity index (χ4v) is 3.47. The zero-order valence-corrected chi connectivity index (χ0v) is 16.4. The van der Waals surface area contributed by atoms with Gasteiger partial charge in [-0.3, -0.25) is 4.90 Å². The third-order valence-corrected chi connectivity index (χ3v) is 4.99. The largest absolute Gasteiger partial charge is 0.491 e. The van der Waals surface area contributed by atoms with Gasteiger partial charge in [-0.25, -0.2) is 9.97 Å². The van der Waals surface area contributed by atoms with E-state index in [2.05, 4.69) is 41.1 Å². The smallest absolute Gasteiger partial charge is 0.157 e. The first-order chi connectivity index (χ1) is 13.2. The van der Waals surface area contributed by atoms with Gasteiger partial charge in [-0.15, -0.1) is 0 Å². The minimum Gasteiger partial charge on any atom is -0.491 e. The van der Waals surface area contributed by atoms with Crippen molar-refractivity contribution in [2.75, 3.05) is 39.3 Å². The highest BCUT2D eigenvalue weighted by atomic mass is 79.9. The number of rotatable bonds is 6. The van der Waals surface area contributed by atoms with Crippen LogP contribution in [-0.2, 0) is 0 Å². The first-order valence-electron chi connectivity index (χ1n) is 9.03. The molecule has 1 atom stereocenters. The highest BCUT2D eigenvalue weighted by Gasteiger charge is 2.15. The fourth-order valence-electron chi connectivity index (χ4n) is 3.15. The lowest BCUT2D eigenvalue weighted by Gasteiger charge is -2.29. The third-order valence-electron chi connectivity index (χ3n) is 4.55. The molecule has 0 radical (unpaired) electrons. The topological polar surface area (TPSA) is 86.3 Å². The summed E-state index contributed by atoms with van der Waals surface area (Å²) in [6, 6.07) is 9.61. The van der Waals surface area contributed by atoms with Gasteiger partial charge in [0.15, 0.2) is 5.65 Å². The van der Waals surface area contributed by atoms with Crippen molar-refractivity contribution in [2.45, 2.75) is 6.10 Å². The van der Waals surface area contributed by atoms with Crippen molar-refractivity contribution < 1.29 is 9.84 Å². The molecule has 0 spiro atoms. The van der Waals surface area contributed by atoms with Gasteiger partial charge in [0.05, 0.1) is 0 Å². The highest BCUT2D eigenvalue weighted by molar-refractivity contribution is 9.10. The molecule has 0 amide bonds. The van der Waals surface area contributed by atoms with Gasteiger partial charge in [-0.05, 0) is 46.3 Å². The molecule has 1 aliphatic rings. The van der Waals surface area contributed by atoms with E-state index in [0.717, 1.165) is 59.0 Å². The van der Waals surface area contributed by atoms with Crippen molar-refractivity contribution in [1.29, 1.82) is 0 Å². The molecule has 1 aliphatic heterocycles. The van der Waals surface area contributed by atoms with Crippen LogP contribution in [-0.4, -0.2) is 70.4 Å². The number of nitrogens with one attached hydrogen (secondary N) is 2. The molecule has 8 heteroatoms. The number of nitrogens with zero attached hydrogens (tertiary/aromatic N) is 3. The summed E-state index contributed by atoms with van der Waals surface area (Å²) in [5, 5.41) is 13.5. The lowest BCUT2D eigenvalue weighted by molar-refractivity contribution is 0.0641. The standard InChI is InChI=1S/C19H22BrN5O2/c20-14-9-17-19(22-10-14)24-18(23-17)13-1-3-16(4-2-13)27-12-15(26)11-25-7-5-21-6-8-25/h1-4,9-10,15,21,26H,5-8,11-12H2,(H,22,23,24). The minimum absolute atomic E-state index is 0.284. The zero-order chi connectivity index (χ0) is 18.6. The summed E-state index contributed by atoms with van der Waals surface area (Å²) < 4.78 is 6.63. The fraction of sp³-hybridized carbons (Fsp3) is 0.368. The van der Waals surface area contributed by atoms with Gasteiger partial charge in [0.1, 0.15) is 29.8 Å². The van der Waals surface area contributed by atoms with Crippen LogP contribution in [0.1, 0.15) is 0 Å². The molecule has 0 bridgehead atoms. The van der Waals surface area contributed by atoms with Gasteiger partial charge in [0, 0.05) is 49.0 Å². The van der Waals surface area contributed by atoms with Crippen LogP contribution in [0.4, 0.5) is 0 Å². The quantitative estimate of drug-likeness (QED) is 0.553. The first-order valence-corrected chi connectivity index (χ1v) is 9.82. The second-order valence-corrected chi connectivity index (χ2v) is 7.56. The number of halogens is 1. The van der Waals surface area contributed by atoms with Crippen molar-refractivity contribution in [3.05, 3.63) is 41.0 Å². The van der Waals surface area contributed by atoms with Crippen LogP contribution in [0.3, 0.4) is 0 Å². The van der Waals surface area contributed by atoms with E-state index in [4.69, 9.17) is 4.74 Å². The maximum atomic E-state index is 10.2. The van der Waals surface area contributed by atoms with E-state index in [0.29, 0.717) is 6.54 Å². The van der Waals surface area contributed by atoms with E-state index in [1.54, 1.807) is 6.20 Å². The summed E-state index contributed by atoms with van der Waals surface area (Å²) in [6.45, 7) is 4.81.